The summed E-state index contributed by atoms with van der Waals surface area (Å²) in [6.07, 6.45) is 2.76. The van der Waals surface area contributed by atoms with Crippen molar-refractivity contribution in [2.75, 3.05) is 13.7 Å². The Morgan fingerprint density at radius 2 is 1.83 bits per heavy atom. The lowest BCUT2D eigenvalue weighted by Gasteiger charge is -2.06. The van der Waals surface area contributed by atoms with Gasteiger partial charge in [0.2, 0.25) is 5.91 Å². The highest BCUT2D eigenvalue weighted by molar-refractivity contribution is 5.80. The molecule has 1 heterocycles. The minimum atomic E-state index is -0.214. The third-order valence-electron chi connectivity index (χ3n) is 3.96. The van der Waals surface area contributed by atoms with Crippen LogP contribution >= 0.6 is 0 Å². The van der Waals surface area contributed by atoms with Crippen molar-refractivity contribution in [2.24, 2.45) is 7.05 Å². The van der Waals surface area contributed by atoms with Crippen LogP contribution in [0.25, 0.3) is 11.0 Å². The zero-order valence-corrected chi connectivity index (χ0v) is 14.1. The Hall–Kier alpha value is -2.57. The van der Waals surface area contributed by atoms with E-state index in [9.17, 15) is 14.4 Å². The van der Waals surface area contributed by atoms with Crippen LogP contribution < -0.4 is 11.0 Å². The van der Waals surface area contributed by atoms with Gasteiger partial charge in [0.05, 0.1) is 18.1 Å². The molecular weight excluding hydrogens is 310 g/mol. The van der Waals surface area contributed by atoms with Gasteiger partial charge in [0.15, 0.2) is 0 Å². The van der Waals surface area contributed by atoms with Gasteiger partial charge in [0.25, 0.3) is 0 Å². The lowest BCUT2D eigenvalue weighted by molar-refractivity contribution is -0.140. The predicted octanol–water partition coefficient (Wildman–Crippen LogP) is 1.19. The van der Waals surface area contributed by atoms with Crippen LogP contribution in [0.4, 0.5) is 0 Å². The van der Waals surface area contributed by atoms with Crippen LogP contribution in [-0.2, 0) is 27.9 Å². The van der Waals surface area contributed by atoms with Crippen LogP contribution in [-0.4, -0.2) is 34.7 Å². The van der Waals surface area contributed by atoms with Crippen LogP contribution in [0.3, 0.4) is 0 Å². The molecule has 1 aromatic carbocycles. The van der Waals surface area contributed by atoms with E-state index in [1.54, 1.807) is 7.05 Å². The molecule has 0 aliphatic heterocycles. The van der Waals surface area contributed by atoms with E-state index in [4.69, 9.17) is 0 Å². The number of carbonyl (C=O) groups is 2. The number of aryl methyl sites for hydroxylation is 1. The zero-order valence-electron chi connectivity index (χ0n) is 14.1. The topological polar surface area (TPSA) is 82.3 Å². The highest BCUT2D eigenvalue weighted by Gasteiger charge is 2.12. The molecule has 130 valence electrons. The van der Waals surface area contributed by atoms with Crippen molar-refractivity contribution in [2.45, 2.75) is 32.2 Å². The van der Waals surface area contributed by atoms with E-state index in [1.165, 1.54) is 16.2 Å². The number of nitrogens with one attached hydrogen (secondary N) is 1. The summed E-state index contributed by atoms with van der Waals surface area (Å²) in [5, 5.41) is 2.81. The molecule has 0 atom stereocenters. The summed E-state index contributed by atoms with van der Waals surface area (Å²) >= 11 is 0. The smallest absolute Gasteiger partial charge is 0.329 e. The summed E-state index contributed by atoms with van der Waals surface area (Å²) < 4.78 is 7.58. The van der Waals surface area contributed by atoms with E-state index < -0.39 is 0 Å². The summed E-state index contributed by atoms with van der Waals surface area (Å²) in [7, 11) is 3.07. The van der Waals surface area contributed by atoms with Crippen LogP contribution in [0, 0.1) is 0 Å². The largest absolute Gasteiger partial charge is 0.469 e. The fraction of sp³-hybridized carbons (Fsp3) is 0.471. The number of imidazole rings is 1. The van der Waals surface area contributed by atoms with Crippen LogP contribution in [0.5, 0.6) is 0 Å². The Morgan fingerprint density at radius 1 is 1.12 bits per heavy atom. The second-order valence-corrected chi connectivity index (χ2v) is 5.65. The molecule has 7 nitrogen and oxygen atoms in total. The number of ether oxygens (including phenoxy) is 1. The molecule has 0 spiro atoms. The fourth-order valence-corrected chi connectivity index (χ4v) is 2.62. The Labute approximate surface area is 140 Å². The maximum atomic E-state index is 12.2. The van der Waals surface area contributed by atoms with Gasteiger partial charge >= 0.3 is 11.7 Å². The van der Waals surface area contributed by atoms with Crippen LogP contribution in [0.1, 0.15) is 25.7 Å². The zero-order chi connectivity index (χ0) is 17.5. The first-order chi connectivity index (χ1) is 11.5. The number of fused-ring (bicyclic) bond motifs is 1. The molecule has 1 N–H and O–H groups in total. The van der Waals surface area contributed by atoms with E-state index >= 15 is 0 Å². The summed E-state index contributed by atoms with van der Waals surface area (Å²) in [6, 6.07) is 7.39. The minimum absolute atomic E-state index is 0.00233. The van der Waals surface area contributed by atoms with E-state index in [1.807, 2.05) is 24.3 Å². The Bertz CT molecular complexity index is 776. The van der Waals surface area contributed by atoms with Crippen LogP contribution in [0.15, 0.2) is 29.1 Å². The van der Waals surface area contributed by atoms with Gasteiger partial charge in [-0.3, -0.25) is 18.7 Å². The monoisotopic (exact) mass is 333 g/mol. The summed E-state index contributed by atoms with van der Waals surface area (Å²) in [6.45, 7) is 0.530. The highest BCUT2D eigenvalue weighted by atomic mass is 16.5. The van der Waals surface area contributed by atoms with Gasteiger partial charge in [-0.15, -0.1) is 0 Å². The number of carbonyl (C=O) groups excluding carboxylic acids is 2. The molecule has 0 aliphatic carbocycles. The minimum Gasteiger partial charge on any atom is -0.469 e. The van der Waals surface area contributed by atoms with Gasteiger partial charge < -0.3 is 10.1 Å². The number of rotatable bonds is 8. The third-order valence-corrected chi connectivity index (χ3v) is 3.96. The van der Waals surface area contributed by atoms with Gasteiger partial charge in [-0.1, -0.05) is 18.6 Å². The number of benzene rings is 1. The lowest BCUT2D eigenvalue weighted by Crippen LogP contribution is -2.33. The molecule has 24 heavy (non-hydrogen) atoms. The molecule has 0 bridgehead atoms. The molecule has 2 rings (SSSR count). The molecule has 0 saturated carbocycles. The first kappa shape index (κ1) is 17.8. The van der Waals surface area contributed by atoms with Crippen LogP contribution in [0.2, 0.25) is 0 Å². The van der Waals surface area contributed by atoms with Gasteiger partial charge in [0, 0.05) is 20.0 Å². The number of nitrogens with zero attached hydrogens (tertiary/aromatic N) is 2. The number of esters is 1. The van der Waals surface area contributed by atoms with Crippen molar-refractivity contribution in [3.63, 3.8) is 0 Å². The predicted molar refractivity (Wildman–Crippen MR) is 90.7 cm³/mol. The Kier molecular flexibility index (Phi) is 6.17. The molecule has 0 unspecified atom stereocenters. The fourth-order valence-electron chi connectivity index (χ4n) is 2.62. The van der Waals surface area contributed by atoms with E-state index in [0.29, 0.717) is 13.0 Å². The van der Waals surface area contributed by atoms with Crippen molar-refractivity contribution < 1.29 is 14.3 Å². The number of methoxy groups -OCH3 is 1. The van der Waals surface area contributed by atoms with Crippen molar-refractivity contribution in [1.82, 2.24) is 14.5 Å². The first-order valence-corrected chi connectivity index (χ1v) is 8.02. The van der Waals surface area contributed by atoms with Gasteiger partial charge in [-0.05, 0) is 25.0 Å². The van der Waals surface area contributed by atoms with E-state index in [0.717, 1.165) is 30.3 Å². The van der Waals surface area contributed by atoms with Gasteiger partial charge in [-0.25, -0.2) is 4.79 Å². The highest BCUT2D eigenvalue weighted by Crippen LogP contribution is 2.11. The van der Waals surface area contributed by atoms with Crippen molar-refractivity contribution in [3.8, 4) is 0 Å². The summed E-state index contributed by atoms with van der Waals surface area (Å²) in [4.78, 5) is 35.3. The normalized spacial score (nSPS) is 10.8. The van der Waals surface area contributed by atoms with Crippen molar-refractivity contribution in [1.29, 1.82) is 0 Å². The first-order valence-electron chi connectivity index (χ1n) is 8.02. The average Bonchev–Trinajstić information content (AvgIpc) is 2.83. The number of hydrogen-bond acceptors (Lipinski definition) is 4. The molecule has 0 fully saturated rings. The Morgan fingerprint density at radius 3 is 2.54 bits per heavy atom. The summed E-state index contributed by atoms with van der Waals surface area (Å²) in [5.74, 6) is -0.407. The van der Waals surface area contributed by atoms with E-state index in [-0.39, 0.29) is 24.1 Å². The molecule has 2 aromatic rings. The van der Waals surface area contributed by atoms with Crippen molar-refractivity contribution >= 4 is 22.9 Å². The quantitative estimate of drug-likeness (QED) is 0.581. The molecule has 1 amide bonds. The SMILES string of the molecule is COC(=O)CCCCCNC(=O)Cn1c(=O)n(C)c2ccccc21. The standard InChI is InChI=1S/C17H23N3O4/c1-19-13-8-5-6-9-14(13)20(17(19)23)12-15(21)18-11-7-3-4-10-16(22)24-2/h5-6,8-9H,3-4,7,10-12H2,1-2H3,(H,18,21). The molecular formula is C17H23N3O4. The second kappa shape index (κ2) is 8.33. The number of unbranched alkanes of at least 4 members (excludes halogenated alkanes) is 2. The molecule has 1 aromatic heterocycles. The molecule has 7 heteroatoms. The number of hydrogen-bond donors (Lipinski definition) is 1. The molecule has 0 saturated heterocycles. The molecule has 0 radical (unpaired) electrons. The van der Waals surface area contributed by atoms with Gasteiger partial charge in [-0.2, -0.15) is 0 Å². The third kappa shape index (κ3) is 4.24. The molecule has 0 aliphatic rings. The maximum absolute atomic E-state index is 12.2. The maximum Gasteiger partial charge on any atom is 0.329 e. The number of para-hydroxylation sites is 2. The number of amides is 1. The lowest BCUT2D eigenvalue weighted by atomic mass is 10.2. The summed E-state index contributed by atoms with van der Waals surface area (Å²) in [5.41, 5.74) is 1.35. The van der Waals surface area contributed by atoms with Crippen molar-refractivity contribution in [3.05, 3.63) is 34.7 Å². The number of aromatic nitrogens is 2. The van der Waals surface area contributed by atoms with Gasteiger partial charge in [0.1, 0.15) is 6.54 Å². The van der Waals surface area contributed by atoms with E-state index in [2.05, 4.69) is 10.1 Å². The Balaban J connectivity index is 1.82. The second-order valence-electron chi connectivity index (χ2n) is 5.65. The average molecular weight is 333 g/mol.